The Morgan fingerprint density at radius 2 is 1.47 bits per heavy atom. The van der Waals surface area contributed by atoms with Gasteiger partial charge in [-0.25, -0.2) is 14.6 Å². The van der Waals surface area contributed by atoms with Crippen molar-refractivity contribution in [2.45, 2.75) is 37.7 Å². The van der Waals surface area contributed by atoms with Crippen LogP contribution < -0.4 is 25.8 Å². The second-order valence-corrected chi connectivity index (χ2v) is 9.23. The summed E-state index contributed by atoms with van der Waals surface area (Å²) in [6.45, 7) is 3.00. The number of carboxylic acids is 2. The highest BCUT2D eigenvalue weighted by atomic mass is 19.4. The fraction of sp³-hybridized carbons (Fsp3) is 0.357. The van der Waals surface area contributed by atoms with E-state index in [4.69, 9.17) is 35.0 Å². The van der Waals surface area contributed by atoms with Gasteiger partial charge in [-0.2, -0.15) is 26.3 Å². The first-order valence-electron chi connectivity index (χ1n) is 13.2. The predicted molar refractivity (Wildman–Crippen MR) is 149 cm³/mol. The second-order valence-electron chi connectivity index (χ2n) is 9.23. The number of alkyl halides is 6. The lowest BCUT2D eigenvalue weighted by Gasteiger charge is -2.23. The van der Waals surface area contributed by atoms with Crippen LogP contribution in [-0.2, 0) is 9.59 Å². The number of ether oxygens (including phenoxy) is 2. The summed E-state index contributed by atoms with van der Waals surface area (Å²) in [6, 6.07) is 15.0. The number of hydrogen-bond donors (Lipinski definition) is 5. The molecule has 0 unspecified atom stereocenters. The van der Waals surface area contributed by atoms with Gasteiger partial charge in [0.2, 0.25) is 0 Å². The van der Waals surface area contributed by atoms with E-state index in [0.717, 1.165) is 48.2 Å². The van der Waals surface area contributed by atoms with Gasteiger partial charge >= 0.3 is 24.3 Å². The Bertz CT molecular complexity index is 1390. The minimum atomic E-state index is -5.08. The number of anilines is 1. The SMILES string of the molecule is Nc1nccc2ccc(OCCCNC(=O)c3ccc(OC4CCNCC4)cc3)cc12.O=C(O)C(F)(F)F.O=C(O)C(F)(F)F. The number of benzene rings is 2. The van der Waals surface area contributed by atoms with Crippen molar-refractivity contribution in [1.29, 1.82) is 0 Å². The van der Waals surface area contributed by atoms with Crippen LogP contribution in [0.15, 0.2) is 54.7 Å². The molecule has 0 radical (unpaired) electrons. The first-order valence-corrected chi connectivity index (χ1v) is 13.2. The topological polar surface area (TPSA) is 173 Å². The molecule has 0 aliphatic carbocycles. The van der Waals surface area contributed by atoms with Crippen molar-refractivity contribution in [3.63, 3.8) is 0 Å². The largest absolute Gasteiger partial charge is 0.494 e. The molecule has 1 saturated heterocycles. The number of nitrogens with one attached hydrogen (secondary N) is 2. The summed E-state index contributed by atoms with van der Waals surface area (Å²) in [5.41, 5.74) is 6.54. The van der Waals surface area contributed by atoms with Crippen LogP contribution in [0.2, 0.25) is 0 Å². The number of amides is 1. The lowest BCUT2D eigenvalue weighted by atomic mass is 10.1. The molecule has 1 fully saturated rings. The fourth-order valence-corrected chi connectivity index (χ4v) is 3.62. The molecule has 6 N–H and O–H groups in total. The van der Waals surface area contributed by atoms with Gasteiger partial charge in [-0.15, -0.1) is 0 Å². The third-order valence-electron chi connectivity index (χ3n) is 5.83. The number of pyridine rings is 1. The monoisotopic (exact) mass is 648 g/mol. The van der Waals surface area contributed by atoms with Crippen molar-refractivity contribution in [3.8, 4) is 11.5 Å². The van der Waals surface area contributed by atoms with E-state index in [1.807, 2.05) is 36.4 Å². The van der Waals surface area contributed by atoms with Gasteiger partial charge in [0, 0.05) is 23.7 Å². The van der Waals surface area contributed by atoms with E-state index >= 15 is 0 Å². The first-order chi connectivity index (χ1) is 21.1. The molecule has 1 amide bonds. The average molecular weight is 649 g/mol. The quantitative estimate of drug-likeness (QED) is 0.174. The van der Waals surface area contributed by atoms with Gasteiger partial charge < -0.3 is 36.1 Å². The molecule has 0 atom stereocenters. The Morgan fingerprint density at radius 3 is 2.02 bits per heavy atom. The number of fused-ring (bicyclic) bond motifs is 1. The number of nitrogen functional groups attached to an aromatic ring is 1. The normalized spacial score (nSPS) is 13.4. The van der Waals surface area contributed by atoms with E-state index in [-0.39, 0.29) is 12.0 Å². The number of carbonyl (C=O) groups is 3. The molecular weight excluding hydrogens is 618 g/mol. The van der Waals surface area contributed by atoms with Gasteiger partial charge in [0.05, 0.1) is 6.61 Å². The minimum absolute atomic E-state index is 0.0991. The van der Waals surface area contributed by atoms with Gasteiger partial charge in [0.1, 0.15) is 23.4 Å². The van der Waals surface area contributed by atoms with Gasteiger partial charge in [-0.3, -0.25) is 4.79 Å². The molecule has 246 valence electrons. The minimum Gasteiger partial charge on any atom is -0.494 e. The van der Waals surface area contributed by atoms with Crippen LogP contribution in [-0.4, -0.2) is 77.7 Å². The van der Waals surface area contributed by atoms with Crippen molar-refractivity contribution < 1.29 is 60.4 Å². The van der Waals surface area contributed by atoms with Gasteiger partial charge in [0.25, 0.3) is 5.91 Å². The third kappa shape index (κ3) is 13.2. The maximum Gasteiger partial charge on any atom is 0.490 e. The van der Waals surface area contributed by atoms with Crippen molar-refractivity contribution in [2.75, 3.05) is 32.0 Å². The fourth-order valence-electron chi connectivity index (χ4n) is 3.62. The number of nitrogens with zero attached hydrogens (tertiary/aromatic N) is 1. The van der Waals surface area contributed by atoms with E-state index in [1.54, 1.807) is 18.3 Å². The number of piperidine rings is 1. The predicted octanol–water partition coefficient (Wildman–Crippen LogP) is 4.41. The van der Waals surface area contributed by atoms with Crippen molar-refractivity contribution in [2.24, 2.45) is 0 Å². The molecule has 0 saturated carbocycles. The number of carboxylic acid groups (broad SMARTS) is 2. The number of hydrogen-bond acceptors (Lipinski definition) is 8. The molecule has 1 aromatic heterocycles. The van der Waals surface area contributed by atoms with E-state index in [0.29, 0.717) is 31.0 Å². The molecule has 2 heterocycles. The van der Waals surface area contributed by atoms with Crippen molar-refractivity contribution >= 4 is 34.4 Å². The standard InChI is InChI=1S/C24H28N4O3.2C2HF3O2/c25-23-22-16-21(7-2-17(22)8-14-27-23)30-15-1-11-28-24(29)18-3-5-19(6-4-18)31-20-9-12-26-13-10-20;2*3-2(4,5)1(6)7/h2-8,14,16,20,26H,1,9-13,15H2,(H2,25,27)(H,28,29);2*(H,6,7). The molecule has 0 bridgehead atoms. The van der Waals surface area contributed by atoms with E-state index in [1.165, 1.54) is 0 Å². The summed E-state index contributed by atoms with van der Waals surface area (Å²) >= 11 is 0. The van der Waals surface area contributed by atoms with Crippen LogP contribution in [0.3, 0.4) is 0 Å². The molecule has 2 aromatic carbocycles. The number of aliphatic carboxylic acids is 2. The molecule has 3 aromatic rings. The first kappa shape index (κ1) is 36.4. The summed E-state index contributed by atoms with van der Waals surface area (Å²) in [4.78, 5) is 34.2. The Kier molecular flexibility index (Phi) is 13.7. The Balaban J connectivity index is 0.000000421. The lowest BCUT2D eigenvalue weighted by Crippen LogP contribution is -2.34. The second kappa shape index (κ2) is 16.9. The molecule has 1 aliphatic rings. The summed E-state index contributed by atoms with van der Waals surface area (Å²) < 4.78 is 75.2. The van der Waals surface area contributed by atoms with Crippen LogP contribution in [0.1, 0.15) is 29.6 Å². The van der Waals surface area contributed by atoms with Crippen molar-refractivity contribution in [1.82, 2.24) is 15.6 Å². The number of nitrogens with two attached hydrogens (primary N) is 1. The maximum atomic E-state index is 12.3. The zero-order valence-electron chi connectivity index (χ0n) is 23.5. The Hall–Kier alpha value is -4.80. The molecular formula is C28H30F6N4O7. The highest BCUT2D eigenvalue weighted by Crippen LogP contribution is 2.24. The molecule has 11 nitrogen and oxygen atoms in total. The zero-order chi connectivity index (χ0) is 33.6. The average Bonchev–Trinajstić information content (AvgIpc) is 2.98. The van der Waals surface area contributed by atoms with E-state index in [2.05, 4.69) is 15.6 Å². The number of carbonyl (C=O) groups excluding carboxylic acids is 1. The van der Waals surface area contributed by atoms with E-state index < -0.39 is 24.3 Å². The summed E-state index contributed by atoms with van der Waals surface area (Å²) in [5, 5.41) is 22.4. The van der Waals surface area contributed by atoms with Crippen LogP contribution in [0, 0.1) is 0 Å². The summed E-state index contributed by atoms with van der Waals surface area (Å²) in [6.07, 6.45) is -5.52. The third-order valence-corrected chi connectivity index (χ3v) is 5.83. The highest BCUT2D eigenvalue weighted by Gasteiger charge is 2.38. The molecule has 45 heavy (non-hydrogen) atoms. The summed E-state index contributed by atoms with van der Waals surface area (Å²) in [7, 11) is 0. The molecule has 0 spiro atoms. The van der Waals surface area contributed by atoms with Crippen LogP contribution in [0.25, 0.3) is 10.8 Å². The van der Waals surface area contributed by atoms with Gasteiger partial charge in [-0.05, 0) is 80.2 Å². The van der Waals surface area contributed by atoms with Crippen LogP contribution >= 0.6 is 0 Å². The van der Waals surface area contributed by atoms with Crippen LogP contribution in [0.4, 0.5) is 32.2 Å². The molecule has 17 heteroatoms. The molecule has 1 aliphatic heterocycles. The molecule has 4 rings (SSSR count). The maximum absolute atomic E-state index is 12.3. The van der Waals surface area contributed by atoms with E-state index in [9.17, 15) is 31.1 Å². The number of rotatable bonds is 8. The number of halogens is 6. The summed E-state index contributed by atoms with van der Waals surface area (Å²) in [5.74, 6) is -3.58. The van der Waals surface area contributed by atoms with Gasteiger partial charge in [0.15, 0.2) is 0 Å². The Morgan fingerprint density at radius 1 is 0.911 bits per heavy atom. The van der Waals surface area contributed by atoms with Crippen LogP contribution in [0.5, 0.6) is 11.5 Å². The number of aromatic nitrogens is 1. The smallest absolute Gasteiger partial charge is 0.490 e. The lowest BCUT2D eigenvalue weighted by molar-refractivity contribution is -0.193. The highest BCUT2D eigenvalue weighted by molar-refractivity contribution is 5.94. The van der Waals surface area contributed by atoms with Crippen molar-refractivity contribution in [3.05, 3.63) is 60.3 Å². The Labute approximate surface area is 252 Å². The van der Waals surface area contributed by atoms with Gasteiger partial charge in [-0.1, -0.05) is 6.07 Å². The zero-order valence-corrected chi connectivity index (χ0v) is 23.5.